The summed E-state index contributed by atoms with van der Waals surface area (Å²) in [5.74, 6) is -0.0909. The maximum absolute atomic E-state index is 13.1. The van der Waals surface area contributed by atoms with Crippen LogP contribution in [0.25, 0.3) is 5.69 Å². The summed E-state index contributed by atoms with van der Waals surface area (Å²) in [6.45, 7) is 5.46. The molecule has 29 heavy (non-hydrogen) atoms. The number of hydrogen-bond donors (Lipinski definition) is 1. The van der Waals surface area contributed by atoms with Crippen LogP contribution in [-0.4, -0.2) is 28.5 Å². The van der Waals surface area contributed by atoms with Gasteiger partial charge in [-0.25, -0.2) is 14.5 Å². The van der Waals surface area contributed by atoms with Gasteiger partial charge in [0, 0.05) is 0 Å². The average Bonchev–Trinajstić information content (AvgIpc) is 2.97. The number of carbonyl (C=O) groups excluding carboxylic acids is 1. The van der Waals surface area contributed by atoms with E-state index in [1.807, 2.05) is 32.0 Å². The fraction of sp³-hybridized carbons (Fsp3) is 0.190. The number of nitrogens with one attached hydrogen (secondary N) is 1. The Kier molecular flexibility index (Phi) is 6.29. The van der Waals surface area contributed by atoms with Gasteiger partial charge < -0.3 is 4.74 Å². The van der Waals surface area contributed by atoms with Gasteiger partial charge in [-0.1, -0.05) is 23.7 Å². The Labute approximate surface area is 173 Å². The van der Waals surface area contributed by atoms with Crippen molar-refractivity contribution in [3.63, 3.8) is 0 Å². The summed E-state index contributed by atoms with van der Waals surface area (Å²) in [7, 11) is 0. The summed E-state index contributed by atoms with van der Waals surface area (Å²) < 4.78 is 20.1. The topological polar surface area (TPSA) is 68.5 Å². The molecule has 0 bridgehead atoms. The Morgan fingerprint density at radius 2 is 1.97 bits per heavy atom. The fourth-order valence-electron chi connectivity index (χ4n) is 2.62. The highest BCUT2D eigenvalue weighted by molar-refractivity contribution is 6.32. The van der Waals surface area contributed by atoms with Crippen LogP contribution in [0.15, 0.2) is 47.6 Å². The van der Waals surface area contributed by atoms with E-state index in [-0.39, 0.29) is 12.4 Å². The second-order valence-corrected chi connectivity index (χ2v) is 6.89. The Balaban J connectivity index is 1.63. The van der Waals surface area contributed by atoms with E-state index in [1.165, 1.54) is 23.0 Å². The van der Waals surface area contributed by atoms with Gasteiger partial charge in [0.2, 0.25) is 0 Å². The molecule has 0 atom stereocenters. The predicted molar refractivity (Wildman–Crippen MR) is 110 cm³/mol. The monoisotopic (exact) mass is 414 g/mol. The number of halogens is 2. The lowest BCUT2D eigenvalue weighted by Gasteiger charge is -2.08. The lowest BCUT2D eigenvalue weighted by Crippen LogP contribution is -2.24. The molecule has 6 nitrogen and oxygen atoms in total. The van der Waals surface area contributed by atoms with Crippen LogP contribution >= 0.6 is 11.6 Å². The van der Waals surface area contributed by atoms with Crippen molar-refractivity contribution in [2.75, 3.05) is 6.61 Å². The molecule has 0 saturated carbocycles. The third kappa shape index (κ3) is 5.00. The number of nitrogens with zero attached hydrogens (tertiary/aromatic N) is 3. The van der Waals surface area contributed by atoms with Crippen molar-refractivity contribution in [3.8, 4) is 11.4 Å². The normalized spacial score (nSPS) is 11.1. The van der Waals surface area contributed by atoms with Crippen LogP contribution in [0.4, 0.5) is 4.39 Å². The summed E-state index contributed by atoms with van der Waals surface area (Å²) in [6.07, 6.45) is 1.42. The number of aromatic nitrogens is 2. The number of ether oxygens (including phenoxy) is 1. The number of benzene rings is 2. The molecule has 3 rings (SSSR count). The molecule has 1 heterocycles. The number of carbonyl (C=O) groups is 1. The highest BCUT2D eigenvalue weighted by Gasteiger charge is 2.13. The van der Waals surface area contributed by atoms with E-state index in [4.69, 9.17) is 16.3 Å². The molecule has 0 unspecified atom stereocenters. The molecule has 0 fully saturated rings. The first-order valence-electron chi connectivity index (χ1n) is 8.88. The third-order valence-corrected chi connectivity index (χ3v) is 4.57. The summed E-state index contributed by atoms with van der Waals surface area (Å²) in [4.78, 5) is 12.0. The first-order valence-corrected chi connectivity index (χ1v) is 9.26. The second kappa shape index (κ2) is 8.87. The quantitative estimate of drug-likeness (QED) is 0.487. The molecule has 150 valence electrons. The fourth-order valence-corrected chi connectivity index (χ4v) is 2.94. The molecule has 1 aromatic heterocycles. The van der Waals surface area contributed by atoms with E-state index >= 15 is 0 Å². The molecule has 2 aromatic carbocycles. The van der Waals surface area contributed by atoms with Gasteiger partial charge in [-0.15, -0.1) is 0 Å². The van der Waals surface area contributed by atoms with Gasteiger partial charge in [0.1, 0.15) is 16.7 Å². The van der Waals surface area contributed by atoms with Gasteiger partial charge in [0.25, 0.3) is 5.91 Å². The number of hydrazone groups is 1. The number of rotatable bonds is 6. The minimum Gasteiger partial charge on any atom is -0.483 e. The molecule has 0 spiro atoms. The molecule has 0 saturated heterocycles. The van der Waals surface area contributed by atoms with Gasteiger partial charge in [-0.05, 0) is 62.2 Å². The van der Waals surface area contributed by atoms with Crippen LogP contribution in [0, 0.1) is 26.6 Å². The highest BCUT2D eigenvalue weighted by atomic mass is 35.5. The molecule has 0 radical (unpaired) electrons. The second-order valence-electron chi connectivity index (χ2n) is 6.53. The van der Waals surface area contributed by atoms with Crippen LogP contribution in [0.3, 0.4) is 0 Å². The Bertz CT molecular complexity index is 1060. The highest BCUT2D eigenvalue weighted by Crippen LogP contribution is 2.22. The zero-order valence-electron chi connectivity index (χ0n) is 16.2. The predicted octanol–water partition coefficient (Wildman–Crippen LogP) is 4.12. The number of amides is 1. The van der Waals surface area contributed by atoms with E-state index < -0.39 is 5.91 Å². The van der Waals surface area contributed by atoms with E-state index in [0.717, 1.165) is 11.1 Å². The van der Waals surface area contributed by atoms with Crippen molar-refractivity contribution in [1.82, 2.24) is 15.2 Å². The first kappa shape index (κ1) is 20.5. The molecule has 1 N–H and O–H groups in total. The minimum absolute atomic E-state index is 0.164. The molecular formula is C21H20ClFN4O2. The Morgan fingerprint density at radius 1 is 1.24 bits per heavy atom. The van der Waals surface area contributed by atoms with E-state index in [2.05, 4.69) is 15.6 Å². The van der Waals surface area contributed by atoms with Crippen LogP contribution in [0.5, 0.6) is 5.75 Å². The van der Waals surface area contributed by atoms with Gasteiger partial charge in [0.15, 0.2) is 6.61 Å². The maximum atomic E-state index is 13.1. The first-order chi connectivity index (χ1) is 13.8. The number of hydrogen-bond acceptors (Lipinski definition) is 4. The van der Waals surface area contributed by atoms with Crippen molar-refractivity contribution >= 4 is 23.7 Å². The molecule has 0 aliphatic carbocycles. The molecule has 0 aliphatic heterocycles. The van der Waals surface area contributed by atoms with Crippen LogP contribution < -0.4 is 10.2 Å². The SMILES string of the molecule is Cc1ccc(C)c(OCC(=O)N/N=C\c2c(C)nn(-c3ccc(F)cc3)c2Cl)c1. The van der Waals surface area contributed by atoms with Crippen molar-refractivity contribution in [3.05, 3.63) is 75.8 Å². The lowest BCUT2D eigenvalue weighted by molar-refractivity contribution is -0.123. The van der Waals surface area contributed by atoms with Gasteiger partial charge in [0.05, 0.1) is 23.2 Å². The van der Waals surface area contributed by atoms with Crippen LogP contribution in [-0.2, 0) is 4.79 Å². The maximum Gasteiger partial charge on any atom is 0.277 e. The van der Waals surface area contributed by atoms with Crippen molar-refractivity contribution in [2.45, 2.75) is 20.8 Å². The van der Waals surface area contributed by atoms with Gasteiger partial charge in [-0.2, -0.15) is 10.2 Å². The average molecular weight is 415 g/mol. The largest absolute Gasteiger partial charge is 0.483 e. The Morgan fingerprint density at radius 3 is 2.69 bits per heavy atom. The summed E-state index contributed by atoms with van der Waals surface area (Å²) in [5, 5.41) is 8.57. The van der Waals surface area contributed by atoms with Crippen LogP contribution in [0.1, 0.15) is 22.4 Å². The van der Waals surface area contributed by atoms with Gasteiger partial charge >= 0.3 is 0 Å². The molecule has 3 aromatic rings. The minimum atomic E-state index is -0.401. The zero-order valence-corrected chi connectivity index (χ0v) is 17.0. The molecule has 8 heteroatoms. The lowest BCUT2D eigenvalue weighted by atomic mass is 10.1. The summed E-state index contributed by atoms with van der Waals surface area (Å²) in [6, 6.07) is 11.6. The molecule has 0 aliphatic rings. The van der Waals surface area contributed by atoms with Crippen LogP contribution in [0.2, 0.25) is 5.15 Å². The van der Waals surface area contributed by atoms with Crippen molar-refractivity contribution in [2.24, 2.45) is 5.10 Å². The molecular weight excluding hydrogens is 395 g/mol. The van der Waals surface area contributed by atoms with Gasteiger partial charge in [-0.3, -0.25) is 4.79 Å². The van der Waals surface area contributed by atoms with E-state index in [9.17, 15) is 9.18 Å². The third-order valence-electron chi connectivity index (χ3n) is 4.20. The standard InChI is InChI=1S/C21H20ClFN4O2/c1-13-4-5-14(2)19(10-13)29-12-20(28)25-24-11-18-15(3)26-27(21(18)22)17-8-6-16(23)7-9-17/h4-11H,12H2,1-3H3,(H,25,28)/b24-11-. The summed E-state index contributed by atoms with van der Waals surface area (Å²) >= 11 is 6.37. The molecule has 1 amide bonds. The smallest absolute Gasteiger partial charge is 0.277 e. The summed E-state index contributed by atoms with van der Waals surface area (Å²) in [5.41, 5.74) is 6.18. The van der Waals surface area contributed by atoms with E-state index in [0.29, 0.717) is 27.8 Å². The van der Waals surface area contributed by atoms with E-state index in [1.54, 1.807) is 19.1 Å². The zero-order chi connectivity index (χ0) is 21.0. The van der Waals surface area contributed by atoms with Crippen molar-refractivity contribution < 1.29 is 13.9 Å². The Hall–Kier alpha value is -3.19. The van der Waals surface area contributed by atoms with Crippen molar-refractivity contribution in [1.29, 1.82) is 0 Å². The number of aryl methyl sites for hydroxylation is 3.